The van der Waals surface area contributed by atoms with E-state index in [1.807, 2.05) is 30.3 Å². The number of benzene rings is 2. The fraction of sp³-hybridized carbons (Fsp3) is 0.536. The van der Waals surface area contributed by atoms with Gasteiger partial charge in [0, 0.05) is 12.5 Å². The first-order chi connectivity index (χ1) is 18.2. The van der Waals surface area contributed by atoms with Gasteiger partial charge in [-0.25, -0.2) is 4.79 Å². The SMILES string of the molecule is C[C@@H]1O[C@@H](O[C@@H]2CCCC[C@H]2Oc2cc(CO)cc(OC(Cc3ccccc3)C(=O)O)c2)[C@@H](O)[C@H](O)[C@@H]1O. The number of hydrogen-bond acceptors (Lipinski definition) is 9. The second-order valence-corrected chi connectivity index (χ2v) is 9.90. The summed E-state index contributed by atoms with van der Waals surface area (Å²) in [6.45, 7) is 1.30. The van der Waals surface area contributed by atoms with Gasteiger partial charge in [0.15, 0.2) is 12.4 Å². The molecule has 8 atom stereocenters. The molecule has 2 aromatic carbocycles. The van der Waals surface area contributed by atoms with E-state index < -0.39 is 55.0 Å². The molecule has 1 saturated heterocycles. The fourth-order valence-corrected chi connectivity index (χ4v) is 4.86. The van der Waals surface area contributed by atoms with Gasteiger partial charge in [-0.3, -0.25) is 0 Å². The molecule has 5 N–H and O–H groups in total. The first-order valence-corrected chi connectivity index (χ1v) is 12.9. The second-order valence-electron chi connectivity index (χ2n) is 9.90. The Morgan fingerprint density at radius 1 is 0.947 bits per heavy atom. The highest BCUT2D eigenvalue weighted by Crippen LogP contribution is 2.32. The van der Waals surface area contributed by atoms with Crippen molar-refractivity contribution in [2.75, 3.05) is 0 Å². The van der Waals surface area contributed by atoms with Crippen LogP contribution in [0.3, 0.4) is 0 Å². The number of aliphatic carboxylic acids is 1. The molecule has 0 radical (unpaired) electrons. The third kappa shape index (κ3) is 7.02. The largest absolute Gasteiger partial charge is 0.488 e. The van der Waals surface area contributed by atoms with Crippen molar-refractivity contribution in [2.45, 2.75) is 94.7 Å². The Labute approximate surface area is 221 Å². The lowest BCUT2D eigenvalue weighted by Gasteiger charge is -2.42. The van der Waals surface area contributed by atoms with E-state index in [0.29, 0.717) is 24.2 Å². The molecule has 10 nitrogen and oxygen atoms in total. The van der Waals surface area contributed by atoms with Crippen LogP contribution < -0.4 is 9.47 Å². The van der Waals surface area contributed by atoms with Crippen LogP contribution in [0.1, 0.15) is 43.7 Å². The average Bonchev–Trinajstić information content (AvgIpc) is 2.91. The number of rotatable bonds is 10. The van der Waals surface area contributed by atoms with Gasteiger partial charge in [-0.1, -0.05) is 36.8 Å². The molecule has 10 heteroatoms. The number of aliphatic hydroxyl groups is 4. The molecule has 1 saturated carbocycles. The molecule has 0 bridgehead atoms. The van der Waals surface area contributed by atoms with E-state index in [4.69, 9.17) is 18.9 Å². The number of ether oxygens (including phenoxy) is 4. The highest BCUT2D eigenvalue weighted by Gasteiger charge is 2.44. The van der Waals surface area contributed by atoms with Crippen molar-refractivity contribution in [3.8, 4) is 11.5 Å². The maximum absolute atomic E-state index is 11.9. The molecule has 1 heterocycles. The summed E-state index contributed by atoms with van der Waals surface area (Å²) < 4.78 is 23.7. The van der Waals surface area contributed by atoms with Gasteiger partial charge in [-0.05, 0) is 49.4 Å². The van der Waals surface area contributed by atoms with Crippen LogP contribution in [0, 0.1) is 0 Å². The minimum atomic E-state index is -1.42. The smallest absolute Gasteiger partial charge is 0.345 e. The van der Waals surface area contributed by atoms with Gasteiger partial charge in [0.25, 0.3) is 0 Å². The lowest BCUT2D eigenvalue weighted by molar-refractivity contribution is -0.311. The molecule has 1 aliphatic heterocycles. The first kappa shape index (κ1) is 28.3. The van der Waals surface area contributed by atoms with E-state index >= 15 is 0 Å². The predicted molar refractivity (Wildman–Crippen MR) is 135 cm³/mol. The average molecular weight is 533 g/mol. The number of carbonyl (C=O) groups is 1. The van der Waals surface area contributed by atoms with Gasteiger partial charge in [-0.2, -0.15) is 0 Å². The monoisotopic (exact) mass is 532 g/mol. The van der Waals surface area contributed by atoms with Gasteiger partial charge in [0.2, 0.25) is 0 Å². The van der Waals surface area contributed by atoms with Crippen molar-refractivity contribution in [1.29, 1.82) is 0 Å². The molecule has 0 aromatic heterocycles. The maximum Gasteiger partial charge on any atom is 0.345 e. The molecule has 4 rings (SSSR count). The third-order valence-electron chi connectivity index (χ3n) is 6.99. The van der Waals surface area contributed by atoms with Crippen LogP contribution in [0.5, 0.6) is 11.5 Å². The molecule has 2 aliphatic rings. The Kier molecular flexibility index (Phi) is 9.59. The van der Waals surface area contributed by atoms with Crippen LogP contribution >= 0.6 is 0 Å². The molecule has 0 amide bonds. The third-order valence-corrected chi connectivity index (χ3v) is 6.99. The van der Waals surface area contributed by atoms with Crippen LogP contribution in [-0.2, 0) is 27.3 Å². The van der Waals surface area contributed by atoms with Crippen LogP contribution in [0.2, 0.25) is 0 Å². The minimum Gasteiger partial charge on any atom is -0.488 e. The Bertz CT molecular complexity index is 1050. The van der Waals surface area contributed by atoms with Gasteiger partial charge >= 0.3 is 5.97 Å². The van der Waals surface area contributed by atoms with Crippen molar-refractivity contribution < 1.29 is 49.3 Å². The minimum absolute atomic E-state index is 0.164. The number of hydrogen-bond donors (Lipinski definition) is 5. The molecular formula is C28H36O10. The molecule has 38 heavy (non-hydrogen) atoms. The lowest BCUT2D eigenvalue weighted by Crippen LogP contribution is -2.58. The topological polar surface area (TPSA) is 155 Å². The van der Waals surface area contributed by atoms with Crippen molar-refractivity contribution >= 4 is 5.97 Å². The van der Waals surface area contributed by atoms with E-state index in [1.54, 1.807) is 25.1 Å². The van der Waals surface area contributed by atoms with Gasteiger partial charge in [0.05, 0.1) is 18.8 Å². The maximum atomic E-state index is 11.9. The highest BCUT2D eigenvalue weighted by atomic mass is 16.7. The number of carboxylic acids is 1. The summed E-state index contributed by atoms with van der Waals surface area (Å²) in [6, 6.07) is 14.0. The van der Waals surface area contributed by atoms with Crippen LogP contribution in [-0.4, -0.2) is 80.5 Å². The molecule has 0 spiro atoms. The van der Waals surface area contributed by atoms with Crippen molar-refractivity contribution in [2.24, 2.45) is 0 Å². The molecule has 2 aromatic rings. The zero-order chi connectivity index (χ0) is 27.2. The van der Waals surface area contributed by atoms with E-state index in [-0.39, 0.29) is 18.8 Å². The molecule has 1 unspecified atom stereocenters. The zero-order valence-electron chi connectivity index (χ0n) is 21.3. The molecule has 1 aliphatic carbocycles. The van der Waals surface area contributed by atoms with Crippen LogP contribution in [0.4, 0.5) is 0 Å². The van der Waals surface area contributed by atoms with E-state index in [0.717, 1.165) is 18.4 Å². The zero-order valence-corrected chi connectivity index (χ0v) is 21.3. The first-order valence-electron chi connectivity index (χ1n) is 12.9. The summed E-state index contributed by atoms with van der Waals surface area (Å²) in [4.78, 5) is 11.9. The Balaban J connectivity index is 1.48. The number of carboxylic acid groups (broad SMARTS) is 1. The van der Waals surface area contributed by atoms with Crippen LogP contribution in [0.15, 0.2) is 48.5 Å². The normalized spacial score (nSPS) is 30.4. The quantitative estimate of drug-likeness (QED) is 0.306. The summed E-state index contributed by atoms with van der Waals surface area (Å²) in [6.07, 6.45) is -4.72. The predicted octanol–water partition coefficient (Wildman–Crippen LogP) is 1.79. The van der Waals surface area contributed by atoms with Crippen molar-refractivity contribution in [3.05, 3.63) is 59.7 Å². The second kappa shape index (κ2) is 12.9. The Morgan fingerprint density at radius 3 is 2.32 bits per heavy atom. The van der Waals surface area contributed by atoms with E-state index in [2.05, 4.69) is 0 Å². The van der Waals surface area contributed by atoms with Gasteiger partial charge in [0.1, 0.15) is 35.9 Å². The number of aliphatic hydroxyl groups excluding tert-OH is 4. The Hall–Kier alpha value is -2.73. The highest BCUT2D eigenvalue weighted by molar-refractivity contribution is 5.73. The summed E-state index contributed by atoms with van der Waals surface area (Å²) in [5.41, 5.74) is 1.31. The fourth-order valence-electron chi connectivity index (χ4n) is 4.86. The summed E-state index contributed by atoms with van der Waals surface area (Å²) >= 11 is 0. The molecule has 2 fully saturated rings. The summed E-state index contributed by atoms with van der Waals surface area (Å²) in [7, 11) is 0. The van der Waals surface area contributed by atoms with Crippen molar-refractivity contribution in [1.82, 2.24) is 0 Å². The van der Waals surface area contributed by atoms with Gasteiger partial charge in [-0.15, -0.1) is 0 Å². The summed E-state index contributed by atoms with van der Waals surface area (Å²) in [5.74, 6) is -0.482. The standard InChI is InChI=1S/C28H36O10/c1-16-24(30)25(31)26(32)28(35-16)38-22-10-6-5-9-21(22)36-19-11-18(15-29)12-20(14-19)37-23(27(33)34)13-17-7-3-2-4-8-17/h2-4,7-8,11-12,14,16,21-26,28-32H,5-6,9-10,13,15H2,1H3,(H,33,34)/t16-,21+,22+,23?,24+,25+,26-,28-/m0/s1. The lowest BCUT2D eigenvalue weighted by atomic mass is 9.94. The molecular weight excluding hydrogens is 496 g/mol. The van der Waals surface area contributed by atoms with E-state index in [1.165, 1.54) is 0 Å². The van der Waals surface area contributed by atoms with Crippen molar-refractivity contribution in [3.63, 3.8) is 0 Å². The van der Waals surface area contributed by atoms with Crippen LogP contribution in [0.25, 0.3) is 0 Å². The van der Waals surface area contributed by atoms with Gasteiger partial charge < -0.3 is 44.5 Å². The summed E-state index contributed by atoms with van der Waals surface area (Å²) in [5, 5.41) is 50.0. The van der Waals surface area contributed by atoms with E-state index in [9.17, 15) is 30.3 Å². The Morgan fingerprint density at radius 2 is 1.63 bits per heavy atom. The molecule has 208 valence electrons.